The van der Waals surface area contributed by atoms with Gasteiger partial charge in [-0.1, -0.05) is 6.58 Å². The predicted octanol–water partition coefficient (Wildman–Crippen LogP) is -5.45. The molecule has 27 heavy (non-hydrogen) atoms. The Balaban J connectivity index is 2.87. The Morgan fingerprint density at radius 1 is 1.11 bits per heavy atom. The molecular formula is C15H27NO11. The normalized spacial score (nSPS) is 33.0. The highest BCUT2D eigenvalue weighted by molar-refractivity contribution is 5.86. The highest BCUT2D eigenvalue weighted by Gasteiger charge is 2.46. The zero-order valence-electron chi connectivity index (χ0n) is 14.4. The maximum absolute atomic E-state index is 11.1. The maximum Gasteiger partial charge on any atom is 0.243 e. The number of hydrogen-bond acceptors (Lipinski definition) is 11. The van der Waals surface area contributed by atoms with E-state index in [9.17, 15) is 35.4 Å². The van der Waals surface area contributed by atoms with Crippen LogP contribution >= 0.6 is 0 Å². The first kappa shape index (κ1) is 23.8. The first-order valence-corrected chi connectivity index (χ1v) is 8.19. The highest BCUT2D eigenvalue weighted by Crippen LogP contribution is 2.24. The van der Waals surface area contributed by atoms with Crippen LogP contribution in [0.15, 0.2) is 12.7 Å². The van der Waals surface area contributed by atoms with Gasteiger partial charge in [-0.15, -0.1) is 0 Å². The van der Waals surface area contributed by atoms with Gasteiger partial charge in [0, 0.05) is 6.54 Å². The summed E-state index contributed by atoms with van der Waals surface area (Å²) in [6.07, 6.45) is -14.3. The van der Waals surface area contributed by atoms with Gasteiger partial charge in [0.1, 0.15) is 42.7 Å². The second-order valence-electron chi connectivity index (χ2n) is 6.06. The smallest absolute Gasteiger partial charge is 0.243 e. The third-order valence-corrected chi connectivity index (χ3v) is 4.11. The molecule has 0 spiro atoms. The lowest BCUT2D eigenvalue weighted by molar-refractivity contribution is -0.327. The lowest BCUT2D eigenvalue weighted by Crippen LogP contribution is -2.61. The Morgan fingerprint density at radius 2 is 1.74 bits per heavy atom. The number of aliphatic hydroxyl groups excluding tert-OH is 8. The molecule has 0 saturated carbocycles. The molecule has 1 aliphatic heterocycles. The average molecular weight is 397 g/mol. The number of nitrogens with one attached hydrogen (secondary N) is 1. The number of ether oxygens (including phenoxy) is 2. The van der Waals surface area contributed by atoms with Gasteiger partial charge in [0.05, 0.1) is 19.3 Å². The van der Waals surface area contributed by atoms with Gasteiger partial charge in [-0.2, -0.15) is 0 Å². The molecule has 12 heteroatoms. The minimum absolute atomic E-state index is 0.446. The van der Waals surface area contributed by atoms with Crippen LogP contribution in [0.25, 0.3) is 0 Å². The molecule has 0 bridgehead atoms. The van der Waals surface area contributed by atoms with Crippen LogP contribution in [0.1, 0.15) is 0 Å². The van der Waals surface area contributed by atoms with Gasteiger partial charge in [-0.05, 0) is 6.08 Å². The molecule has 0 aliphatic carbocycles. The molecule has 1 rings (SSSR count). The topological polar surface area (TPSA) is 209 Å². The number of rotatable bonds is 10. The molecular weight excluding hydrogens is 370 g/mol. The molecule has 0 aromatic rings. The van der Waals surface area contributed by atoms with Gasteiger partial charge in [-0.3, -0.25) is 4.79 Å². The predicted molar refractivity (Wildman–Crippen MR) is 87.0 cm³/mol. The summed E-state index contributed by atoms with van der Waals surface area (Å²) in [6.45, 7) is 1.14. The van der Waals surface area contributed by atoms with E-state index in [2.05, 4.69) is 11.9 Å². The maximum atomic E-state index is 11.1. The summed E-state index contributed by atoms with van der Waals surface area (Å²) in [5.41, 5.74) is 0. The molecule has 158 valence electrons. The van der Waals surface area contributed by atoms with E-state index in [1.807, 2.05) is 0 Å². The van der Waals surface area contributed by atoms with Crippen LogP contribution in [-0.4, -0.2) is 122 Å². The molecule has 1 saturated heterocycles. The van der Waals surface area contributed by atoms with E-state index >= 15 is 0 Å². The summed E-state index contributed by atoms with van der Waals surface area (Å²) in [5, 5.41) is 80.0. The van der Waals surface area contributed by atoms with Gasteiger partial charge in [-0.25, -0.2) is 0 Å². The van der Waals surface area contributed by atoms with Crippen molar-refractivity contribution < 1.29 is 55.1 Å². The van der Waals surface area contributed by atoms with Crippen LogP contribution < -0.4 is 5.32 Å². The monoisotopic (exact) mass is 397 g/mol. The zero-order chi connectivity index (χ0) is 20.7. The lowest BCUT2D eigenvalue weighted by atomic mass is 9.98. The Hall–Kier alpha value is -1.19. The average Bonchev–Trinajstić information content (AvgIpc) is 2.68. The number of aliphatic hydroxyl groups is 8. The van der Waals surface area contributed by atoms with Crippen LogP contribution in [0.3, 0.4) is 0 Å². The van der Waals surface area contributed by atoms with Crippen molar-refractivity contribution >= 4 is 5.91 Å². The van der Waals surface area contributed by atoms with Crippen LogP contribution in [0.2, 0.25) is 0 Å². The molecule has 1 aliphatic rings. The Bertz CT molecular complexity index is 477. The Labute approximate surface area is 154 Å². The van der Waals surface area contributed by atoms with Crippen molar-refractivity contribution in [2.75, 3.05) is 19.8 Å². The van der Waals surface area contributed by atoms with E-state index in [4.69, 9.17) is 19.7 Å². The third-order valence-electron chi connectivity index (χ3n) is 4.11. The van der Waals surface area contributed by atoms with Crippen molar-refractivity contribution in [3.05, 3.63) is 12.7 Å². The Kier molecular flexibility index (Phi) is 9.69. The van der Waals surface area contributed by atoms with E-state index < -0.39 is 80.8 Å². The van der Waals surface area contributed by atoms with Gasteiger partial charge in [0.15, 0.2) is 6.29 Å². The van der Waals surface area contributed by atoms with Gasteiger partial charge < -0.3 is 55.6 Å². The standard InChI is InChI=1S/C15H27NO11/c1-2-9(21)16-3-6(19)10(22)14(7(20)4-17)27-15-13(25)12(24)11(23)8(5-18)26-15/h2,6-8,10-15,17-20,22-25H,1,3-5H2,(H,16,21)/t6-,7+,8+,10+,11-,12-,13+,14+,15-/m0/s1. The van der Waals surface area contributed by atoms with Crippen molar-refractivity contribution in [2.24, 2.45) is 0 Å². The van der Waals surface area contributed by atoms with Crippen LogP contribution in [0.4, 0.5) is 0 Å². The number of hydrogen-bond donors (Lipinski definition) is 9. The summed E-state index contributed by atoms with van der Waals surface area (Å²) in [5.74, 6) is -0.629. The van der Waals surface area contributed by atoms with E-state index in [-0.39, 0.29) is 0 Å². The van der Waals surface area contributed by atoms with Gasteiger partial charge in [0.2, 0.25) is 5.91 Å². The van der Waals surface area contributed by atoms with Crippen molar-refractivity contribution in [2.45, 2.75) is 55.1 Å². The lowest BCUT2D eigenvalue weighted by Gasteiger charge is -2.42. The fourth-order valence-corrected chi connectivity index (χ4v) is 2.45. The summed E-state index contributed by atoms with van der Waals surface area (Å²) < 4.78 is 10.3. The van der Waals surface area contributed by atoms with E-state index in [1.165, 1.54) is 0 Å². The largest absolute Gasteiger partial charge is 0.394 e. The van der Waals surface area contributed by atoms with Crippen molar-refractivity contribution in [1.29, 1.82) is 0 Å². The third kappa shape index (κ3) is 6.15. The van der Waals surface area contributed by atoms with Crippen molar-refractivity contribution in [1.82, 2.24) is 5.32 Å². The minimum atomic E-state index is -1.86. The summed E-state index contributed by atoms with van der Waals surface area (Å²) in [6, 6.07) is 0. The number of amides is 1. The fraction of sp³-hybridized carbons (Fsp3) is 0.800. The molecule has 1 heterocycles. The van der Waals surface area contributed by atoms with E-state index in [1.54, 1.807) is 0 Å². The summed E-state index contributed by atoms with van der Waals surface area (Å²) >= 11 is 0. The zero-order valence-corrected chi connectivity index (χ0v) is 14.4. The second-order valence-corrected chi connectivity index (χ2v) is 6.06. The molecule has 1 fully saturated rings. The van der Waals surface area contributed by atoms with Crippen LogP contribution in [-0.2, 0) is 14.3 Å². The fourth-order valence-electron chi connectivity index (χ4n) is 2.45. The van der Waals surface area contributed by atoms with Crippen molar-refractivity contribution in [3.8, 4) is 0 Å². The molecule has 0 aromatic carbocycles. The first-order valence-electron chi connectivity index (χ1n) is 8.19. The Morgan fingerprint density at radius 3 is 2.26 bits per heavy atom. The quantitative estimate of drug-likeness (QED) is 0.159. The minimum Gasteiger partial charge on any atom is -0.394 e. The first-order chi connectivity index (χ1) is 12.7. The molecule has 0 aromatic heterocycles. The molecule has 1 amide bonds. The molecule has 9 atom stereocenters. The van der Waals surface area contributed by atoms with Crippen LogP contribution in [0, 0.1) is 0 Å². The highest BCUT2D eigenvalue weighted by atomic mass is 16.7. The molecule has 0 unspecified atom stereocenters. The number of carbonyl (C=O) groups is 1. The van der Waals surface area contributed by atoms with E-state index in [0.717, 1.165) is 6.08 Å². The summed E-state index contributed by atoms with van der Waals surface area (Å²) in [4.78, 5) is 11.1. The molecule has 9 N–H and O–H groups in total. The summed E-state index contributed by atoms with van der Waals surface area (Å²) in [7, 11) is 0. The van der Waals surface area contributed by atoms with Gasteiger partial charge >= 0.3 is 0 Å². The SMILES string of the molecule is C=CC(=O)NC[C@H](O)[C@@H](O)[C@H](O[C@@H]1O[C@H](CO)[C@H](O)[C@H](O)[C@H]1O)[C@H](O)CO. The molecule has 12 nitrogen and oxygen atoms in total. The van der Waals surface area contributed by atoms with E-state index in [0.29, 0.717) is 0 Å². The van der Waals surface area contributed by atoms with Gasteiger partial charge in [0.25, 0.3) is 0 Å². The van der Waals surface area contributed by atoms with Crippen LogP contribution in [0.5, 0.6) is 0 Å². The second kappa shape index (κ2) is 11.0. The van der Waals surface area contributed by atoms with Crippen molar-refractivity contribution in [3.63, 3.8) is 0 Å². The molecule has 0 radical (unpaired) electrons. The number of carbonyl (C=O) groups excluding carboxylic acids is 1.